The molecule has 4 nitrogen and oxygen atoms in total. The molecule has 0 spiro atoms. The van der Waals surface area contributed by atoms with E-state index in [-0.39, 0.29) is 10.4 Å². The van der Waals surface area contributed by atoms with Gasteiger partial charge in [0.25, 0.3) is 9.05 Å². The van der Waals surface area contributed by atoms with Crippen LogP contribution in [-0.4, -0.2) is 18.2 Å². The molecule has 0 aliphatic carbocycles. The topological polar surface area (TPSA) is 52.0 Å². The van der Waals surface area contributed by atoms with Gasteiger partial charge in [0.15, 0.2) is 5.03 Å². The van der Waals surface area contributed by atoms with Crippen molar-refractivity contribution in [2.24, 2.45) is 5.41 Å². The van der Waals surface area contributed by atoms with E-state index < -0.39 is 9.05 Å². The van der Waals surface area contributed by atoms with Crippen molar-refractivity contribution in [2.45, 2.75) is 32.3 Å². The van der Waals surface area contributed by atoms with Gasteiger partial charge in [-0.2, -0.15) is 5.10 Å². The van der Waals surface area contributed by atoms with E-state index in [1.807, 2.05) is 20.8 Å². The molecule has 0 saturated heterocycles. The third kappa shape index (κ3) is 3.31. The first-order chi connectivity index (χ1) is 6.18. The Morgan fingerprint density at radius 2 is 2.07 bits per heavy atom. The first kappa shape index (κ1) is 11.5. The first-order valence-corrected chi connectivity index (χ1v) is 6.47. The second-order valence-electron chi connectivity index (χ2n) is 4.35. The molecule has 80 valence electrons. The van der Waals surface area contributed by atoms with E-state index >= 15 is 0 Å². The van der Waals surface area contributed by atoms with Gasteiger partial charge in [-0.05, 0) is 11.5 Å². The van der Waals surface area contributed by atoms with Gasteiger partial charge in [-0.25, -0.2) is 8.42 Å². The largest absolute Gasteiger partial charge is 0.280 e. The highest BCUT2D eigenvalue weighted by Crippen LogP contribution is 2.17. The summed E-state index contributed by atoms with van der Waals surface area (Å²) >= 11 is 0. The normalized spacial score (nSPS) is 13.1. The summed E-state index contributed by atoms with van der Waals surface area (Å²) in [7, 11) is 1.44. The zero-order valence-corrected chi connectivity index (χ0v) is 9.93. The van der Waals surface area contributed by atoms with Crippen LogP contribution in [0.5, 0.6) is 0 Å². The Labute approximate surface area is 88.3 Å². The average molecular weight is 237 g/mol. The summed E-state index contributed by atoms with van der Waals surface area (Å²) in [6, 6.07) is 1.40. The number of rotatable bonds is 2. The maximum absolute atomic E-state index is 10.9. The van der Waals surface area contributed by atoms with E-state index in [0.29, 0.717) is 6.54 Å². The second-order valence-corrected chi connectivity index (χ2v) is 6.86. The van der Waals surface area contributed by atoms with E-state index in [0.717, 1.165) is 0 Å². The van der Waals surface area contributed by atoms with Crippen LogP contribution in [0.15, 0.2) is 17.3 Å². The molecule has 0 aliphatic rings. The first-order valence-electron chi connectivity index (χ1n) is 4.17. The van der Waals surface area contributed by atoms with Crippen LogP contribution in [-0.2, 0) is 15.6 Å². The van der Waals surface area contributed by atoms with Gasteiger partial charge in [-0.1, -0.05) is 20.8 Å². The molecule has 0 aromatic carbocycles. The summed E-state index contributed by atoms with van der Waals surface area (Å²) in [5.74, 6) is 0. The predicted molar refractivity (Wildman–Crippen MR) is 54.7 cm³/mol. The number of hydrogen-bond acceptors (Lipinski definition) is 3. The van der Waals surface area contributed by atoms with Crippen LogP contribution in [0.1, 0.15) is 20.8 Å². The molecule has 0 saturated carbocycles. The zero-order valence-electron chi connectivity index (χ0n) is 8.36. The summed E-state index contributed by atoms with van der Waals surface area (Å²) in [5, 5.41) is 3.77. The minimum absolute atomic E-state index is 0.0549. The van der Waals surface area contributed by atoms with Crippen molar-refractivity contribution >= 4 is 19.7 Å². The van der Waals surface area contributed by atoms with Gasteiger partial charge in [0, 0.05) is 23.4 Å². The molecule has 1 heterocycles. The molecule has 14 heavy (non-hydrogen) atoms. The Morgan fingerprint density at radius 1 is 1.50 bits per heavy atom. The molecule has 0 N–H and O–H groups in total. The van der Waals surface area contributed by atoms with Gasteiger partial charge in [0.1, 0.15) is 0 Å². The van der Waals surface area contributed by atoms with E-state index in [9.17, 15) is 8.42 Å². The van der Waals surface area contributed by atoms with Gasteiger partial charge < -0.3 is 0 Å². The minimum Gasteiger partial charge on any atom is -0.271 e. The molecular weight excluding hydrogens is 224 g/mol. The summed E-state index contributed by atoms with van der Waals surface area (Å²) in [5.41, 5.74) is 0.0549. The molecule has 1 rings (SSSR count). The molecule has 0 aliphatic heterocycles. The van der Waals surface area contributed by atoms with Gasteiger partial charge >= 0.3 is 0 Å². The number of nitrogens with zero attached hydrogens (tertiary/aromatic N) is 2. The van der Waals surface area contributed by atoms with Gasteiger partial charge in [-0.3, -0.25) is 4.68 Å². The quantitative estimate of drug-likeness (QED) is 0.737. The van der Waals surface area contributed by atoms with Crippen LogP contribution in [0, 0.1) is 5.41 Å². The Kier molecular flexibility index (Phi) is 2.92. The predicted octanol–water partition coefficient (Wildman–Crippen LogP) is 1.86. The molecule has 0 fully saturated rings. The maximum atomic E-state index is 10.9. The standard InChI is InChI=1S/C8H13ClN2O2S/c1-8(2,3)6-11-5-4-7(10-11)14(9,12)13/h4-5H,6H2,1-3H3. The molecule has 1 aromatic heterocycles. The van der Waals surface area contributed by atoms with Crippen LogP contribution in [0.4, 0.5) is 0 Å². The van der Waals surface area contributed by atoms with Crippen molar-refractivity contribution in [3.05, 3.63) is 12.3 Å². The third-order valence-corrected chi connectivity index (χ3v) is 2.69. The minimum atomic E-state index is -3.70. The summed E-state index contributed by atoms with van der Waals surface area (Å²) < 4.78 is 23.4. The van der Waals surface area contributed by atoms with Crippen molar-refractivity contribution in [2.75, 3.05) is 0 Å². The van der Waals surface area contributed by atoms with E-state index in [1.54, 1.807) is 10.9 Å². The fourth-order valence-corrected chi connectivity index (χ4v) is 1.72. The monoisotopic (exact) mass is 236 g/mol. The summed E-state index contributed by atoms with van der Waals surface area (Å²) in [4.78, 5) is 0. The zero-order chi connectivity index (χ0) is 11.0. The lowest BCUT2D eigenvalue weighted by molar-refractivity contribution is 0.322. The van der Waals surface area contributed by atoms with E-state index in [2.05, 4.69) is 5.10 Å². The molecule has 1 aromatic rings. The molecule has 6 heteroatoms. The van der Waals surface area contributed by atoms with Crippen LogP contribution in [0.25, 0.3) is 0 Å². The van der Waals surface area contributed by atoms with Gasteiger partial charge in [-0.15, -0.1) is 0 Å². The van der Waals surface area contributed by atoms with E-state index in [4.69, 9.17) is 10.7 Å². The van der Waals surface area contributed by atoms with E-state index in [1.165, 1.54) is 6.07 Å². The second kappa shape index (κ2) is 3.55. The molecule has 0 bridgehead atoms. The number of hydrogen-bond donors (Lipinski definition) is 0. The van der Waals surface area contributed by atoms with Crippen molar-refractivity contribution in [3.8, 4) is 0 Å². The Bertz CT molecular complexity index is 417. The van der Waals surface area contributed by atoms with Crippen LogP contribution < -0.4 is 0 Å². The van der Waals surface area contributed by atoms with Crippen LogP contribution in [0.2, 0.25) is 0 Å². The average Bonchev–Trinajstić information content (AvgIpc) is 2.29. The molecule has 0 amide bonds. The molecular formula is C8H13ClN2O2S. The highest BCUT2D eigenvalue weighted by atomic mass is 35.7. The van der Waals surface area contributed by atoms with Gasteiger partial charge in [0.2, 0.25) is 0 Å². The van der Waals surface area contributed by atoms with Crippen LogP contribution in [0.3, 0.4) is 0 Å². The number of halogens is 1. The molecule has 0 atom stereocenters. The lowest BCUT2D eigenvalue weighted by Crippen LogP contribution is -2.16. The fraction of sp³-hybridized carbons (Fsp3) is 0.625. The van der Waals surface area contributed by atoms with Gasteiger partial charge in [0.05, 0.1) is 0 Å². The third-order valence-electron chi connectivity index (χ3n) is 1.50. The Hall–Kier alpha value is -0.550. The van der Waals surface area contributed by atoms with Crippen LogP contribution >= 0.6 is 10.7 Å². The Morgan fingerprint density at radius 3 is 2.43 bits per heavy atom. The molecule has 0 unspecified atom stereocenters. The fourth-order valence-electron chi connectivity index (χ4n) is 1.05. The molecule has 0 radical (unpaired) electrons. The van der Waals surface area contributed by atoms with Crippen molar-refractivity contribution in [3.63, 3.8) is 0 Å². The summed E-state index contributed by atoms with van der Waals surface area (Å²) in [6.07, 6.45) is 1.61. The SMILES string of the molecule is CC(C)(C)Cn1ccc(S(=O)(=O)Cl)n1. The highest BCUT2D eigenvalue weighted by molar-refractivity contribution is 8.13. The smallest absolute Gasteiger partial charge is 0.271 e. The van der Waals surface area contributed by atoms with Crippen molar-refractivity contribution in [1.82, 2.24) is 9.78 Å². The van der Waals surface area contributed by atoms with Crippen molar-refractivity contribution < 1.29 is 8.42 Å². The van der Waals surface area contributed by atoms with Crippen molar-refractivity contribution in [1.29, 1.82) is 0 Å². The summed E-state index contributed by atoms with van der Waals surface area (Å²) in [6.45, 7) is 6.79. The lowest BCUT2D eigenvalue weighted by atomic mass is 9.97. The maximum Gasteiger partial charge on any atom is 0.280 e. The Balaban J connectivity index is 2.90. The number of aromatic nitrogens is 2. The lowest BCUT2D eigenvalue weighted by Gasteiger charge is -2.17. The highest BCUT2D eigenvalue weighted by Gasteiger charge is 2.16.